The summed E-state index contributed by atoms with van der Waals surface area (Å²) in [5.74, 6) is 0. The van der Waals surface area contributed by atoms with Crippen molar-refractivity contribution in [2.24, 2.45) is 11.1 Å². The van der Waals surface area contributed by atoms with Gasteiger partial charge >= 0.3 is 0 Å². The normalized spacial score (nSPS) is 17.4. The van der Waals surface area contributed by atoms with Gasteiger partial charge in [-0.3, -0.25) is 0 Å². The molecule has 0 spiro atoms. The van der Waals surface area contributed by atoms with Crippen molar-refractivity contribution in [3.8, 4) is 0 Å². The van der Waals surface area contributed by atoms with Crippen molar-refractivity contribution in [2.75, 3.05) is 20.1 Å². The maximum atomic E-state index is 5.68. The molecule has 0 saturated heterocycles. The number of rotatable bonds is 6. The lowest BCUT2D eigenvalue weighted by atomic mass is 10.0. The molecule has 1 aliphatic carbocycles. The molecule has 0 amide bonds. The summed E-state index contributed by atoms with van der Waals surface area (Å²) in [5.41, 5.74) is 8.99. The summed E-state index contributed by atoms with van der Waals surface area (Å²) in [6.45, 7) is 5.23. The molecule has 0 heterocycles. The Kier molecular flexibility index (Phi) is 3.85. The first-order valence-corrected chi connectivity index (χ1v) is 6.58. The minimum absolute atomic E-state index is 0.549. The summed E-state index contributed by atoms with van der Waals surface area (Å²) in [6.07, 6.45) is 3.91. The van der Waals surface area contributed by atoms with Gasteiger partial charge in [-0.1, -0.05) is 29.8 Å². The first-order valence-electron chi connectivity index (χ1n) is 6.58. The molecule has 0 aromatic heterocycles. The fourth-order valence-corrected chi connectivity index (χ4v) is 2.72. The fourth-order valence-electron chi connectivity index (χ4n) is 2.72. The summed E-state index contributed by atoms with van der Waals surface area (Å²) in [7, 11) is 2.22. The molecule has 2 N–H and O–H groups in total. The molecule has 0 radical (unpaired) electrons. The second-order valence-electron chi connectivity index (χ2n) is 5.70. The van der Waals surface area contributed by atoms with Crippen LogP contribution in [-0.2, 0) is 6.54 Å². The highest BCUT2D eigenvalue weighted by Crippen LogP contribution is 2.48. The highest BCUT2D eigenvalue weighted by Gasteiger charge is 2.42. The molecule has 1 aliphatic rings. The molecule has 1 saturated carbocycles. The van der Waals surface area contributed by atoms with E-state index in [1.165, 1.54) is 36.9 Å². The lowest BCUT2D eigenvalue weighted by Crippen LogP contribution is -2.28. The van der Waals surface area contributed by atoms with Gasteiger partial charge in [-0.15, -0.1) is 0 Å². The first kappa shape index (κ1) is 12.6. The molecule has 2 heteroatoms. The number of benzene rings is 1. The monoisotopic (exact) mass is 232 g/mol. The Morgan fingerprint density at radius 2 is 2.12 bits per heavy atom. The van der Waals surface area contributed by atoms with Crippen molar-refractivity contribution in [1.82, 2.24) is 4.90 Å². The van der Waals surface area contributed by atoms with Crippen LogP contribution in [0, 0.1) is 12.3 Å². The van der Waals surface area contributed by atoms with Crippen LogP contribution in [0.2, 0.25) is 0 Å². The van der Waals surface area contributed by atoms with Crippen molar-refractivity contribution in [3.63, 3.8) is 0 Å². The third-order valence-electron chi connectivity index (χ3n) is 3.77. The lowest BCUT2D eigenvalue weighted by Gasteiger charge is -2.23. The van der Waals surface area contributed by atoms with Crippen LogP contribution in [0.25, 0.3) is 0 Å². The number of nitrogens with two attached hydrogens (primary N) is 1. The minimum Gasteiger partial charge on any atom is -0.330 e. The molecule has 1 aromatic carbocycles. The third kappa shape index (κ3) is 3.55. The molecular formula is C15H24N2. The van der Waals surface area contributed by atoms with E-state index < -0.39 is 0 Å². The Balaban J connectivity index is 1.87. The van der Waals surface area contributed by atoms with Crippen LogP contribution in [0.1, 0.15) is 30.4 Å². The van der Waals surface area contributed by atoms with E-state index in [9.17, 15) is 0 Å². The molecule has 2 nitrogen and oxygen atoms in total. The maximum Gasteiger partial charge on any atom is 0.0231 e. The Morgan fingerprint density at radius 1 is 1.35 bits per heavy atom. The van der Waals surface area contributed by atoms with E-state index in [2.05, 4.69) is 43.1 Å². The molecular weight excluding hydrogens is 208 g/mol. The van der Waals surface area contributed by atoms with Crippen LogP contribution in [0.15, 0.2) is 24.3 Å². The Bertz CT molecular complexity index is 369. The average molecular weight is 232 g/mol. The molecule has 0 aliphatic heterocycles. The van der Waals surface area contributed by atoms with Crippen molar-refractivity contribution in [3.05, 3.63) is 35.4 Å². The Hall–Kier alpha value is -0.860. The van der Waals surface area contributed by atoms with Crippen molar-refractivity contribution >= 4 is 0 Å². The largest absolute Gasteiger partial charge is 0.330 e. The van der Waals surface area contributed by atoms with Gasteiger partial charge in [0.2, 0.25) is 0 Å². The highest BCUT2D eigenvalue weighted by atomic mass is 15.1. The highest BCUT2D eigenvalue weighted by molar-refractivity contribution is 5.22. The van der Waals surface area contributed by atoms with Gasteiger partial charge in [-0.05, 0) is 50.8 Å². The smallest absolute Gasteiger partial charge is 0.0231 e. The third-order valence-corrected chi connectivity index (χ3v) is 3.77. The number of nitrogens with zero attached hydrogens (tertiary/aromatic N) is 1. The number of aryl methyl sites for hydroxylation is 1. The van der Waals surface area contributed by atoms with Crippen LogP contribution in [0.3, 0.4) is 0 Å². The van der Waals surface area contributed by atoms with Gasteiger partial charge in [0.05, 0.1) is 0 Å². The van der Waals surface area contributed by atoms with Crippen molar-refractivity contribution in [1.29, 1.82) is 0 Å². The zero-order chi connectivity index (χ0) is 12.3. The first-order chi connectivity index (χ1) is 8.13. The topological polar surface area (TPSA) is 29.3 Å². The number of hydrogen-bond acceptors (Lipinski definition) is 2. The van der Waals surface area contributed by atoms with Crippen LogP contribution < -0.4 is 5.73 Å². The number of hydrogen-bond donors (Lipinski definition) is 1. The molecule has 0 atom stereocenters. The Labute approximate surface area is 105 Å². The molecule has 0 bridgehead atoms. The molecule has 94 valence electrons. The Morgan fingerprint density at radius 3 is 2.71 bits per heavy atom. The summed E-state index contributed by atoms with van der Waals surface area (Å²) in [6, 6.07) is 8.79. The second kappa shape index (κ2) is 5.19. The van der Waals surface area contributed by atoms with Crippen molar-refractivity contribution in [2.45, 2.75) is 32.7 Å². The van der Waals surface area contributed by atoms with Gasteiger partial charge in [0.25, 0.3) is 0 Å². The zero-order valence-corrected chi connectivity index (χ0v) is 11.1. The summed E-state index contributed by atoms with van der Waals surface area (Å²) >= 11 is 0. The van der Waals surface area contributed by atoms with Crippen LogP contribution in [0.4, 0.5) is 0 Å². The fraction of sp³-hybridized carbons (Fsp3) is 0.600. The SMILES string of the molecule is Cc1cccc(CN(C)CC2(CCN)CC2)c1. The summed E-state index contributed by atoms with van der Waals surface area (Å²) < 4.78 is 0. The maximum absolute atomic E-state index is 5.68. The molecule has 0 unspecified atom stereocenters. The van der Waals surface area contributed by atoms with Gasteiger partial charge in [0.15, 0.2) is 0 Å². The minimum atomic E-state index is 0.549. The zero-order valence-electron chi connectivity index (χ0n) is 11.1. The van der Waals surface area contributed by atoms with Crippen molar-refractivity contribution < 1.29 is 0 Å². The van der Waals surface area contributed by atoms with Crippen LogP contribution >= 0.6 is 0 Å². The summed E-state index contributed by atoms with van der Waals surface area (Å²) in [5, 5.41) is 0. The quantitative estimate of drug-likeness (QED) is 0.816. The van der Waals surface area contributed by atoms with Crippen LogP contribution in [0.5, 0.6) is 0 Å². The van der Waals surface area contributed by atoms with Gasteiger partial charge in [-0.25, -0.2) is 0 Å². The molecule has 2 rings (SSSR count). The van der Waals surface area contributed by atoms with Gasteiger partial charge < -0.3 is 10.6 Å². The summed E-state index contributed by atoms with van der Waals surface area (Å²) in [4.78, 5) is 2.44. The van der Waals surface area contributed by atoms with E-state index in [0.29, 0.717) is 5.41 Å². The molecule has 17 heavy (non-hydrogen) atoms. The lowest BCUT2D eigenvalue weighted by molar-refractivity contribution is 0.248. The van der Waals surface area contributed by atoms with Gasteiger partial charge in [0.1, 0.15) is 0 Å². The second-order valence-corrected chi connectivity index (χ2v) is 5.70. The van der Waals surface area contributed by atoms with Gasteiger partial charge in [-0.2, -0.15) is 0 Å². The van der Waals surface area contributed by atoms with E-state index in [-0.39, 0.29) is 0 Å². The van der Waals surface area contributed by atoms with E-state index in [1.54, 1.807) is 0 Å². The van der Waals surface area contributed by atoms with Crippen LogP contribution in [-0.4, -0.2) is 25.0 Å². The van der Waals surface area contributed by atoms with E-state index >= 15 is 0 Å². The van der Waals surface area contributed by atoms with E-state index in [0.717, 1.165) is 13.1 Å². The average Bonchev–Trinajstić information content (AvgIpc) is 2.97. The van der Waals surface area contributed by atoms with E-state index in [4.69, 9.17) is 5.73 Å². The molecule has 1 aromatic rings. The standard InChI is InChI=1S/C15H24N2/c1-13-4-3-5-14(10-13)11-17(2)12-15(6-7-15)8-9-16/h3-5,10H,6-9,11-12,16H2,1-2H3. The predicted molar refractivity (Wildman–Crippen MR) is 72.9 cm³/mol. The predicted octanol–water partition coefficient (Wildman–Crippen LogP) is 2.56. The van der Waals surface area contributed by atoms with Gasteiger partial charge in [0, 0.05) is 13.1 Å². The van der Waals surface area contributed by atoms with E-state index in [1.807, 2.05) is 0 Å². The molecule has 1 fully saturated rings.